The first-order valence-electron chi connectivity index (χ1n) is 15.4. The van der Waals surface area contributed by atoms with Crippen LogP contribution in [-0.2, 0) is 32.6 Å². The molecular formula is C36H39Cl2N3O5S. The lowest BCUT2D eigenvalue weighted by molar-refractivity contribution is -0.140. The highest BCUT2D eigenvalue weighted by atomic mass is 35.5. The molecule has 0 radical (unpaired) electrons. The van der Waals surface area contributed by atoms with E-state index in [2.05, 4.69) is 5.32 Å². The van der Waals surface area contributed by atoms with Crippen LogP contribution in [-0.4, -0.2) is 50.4 Å². The molecule has 0 aromatic heterocycles. The van der Waals surface area contributed by atoms with Gasteiger partial charge in [-0.3, -0.25) is 13.9 Å². The third-order valence-electron chi connectivity index (χ3n) is 7.65. The summed E-state index contributed by atoms with van der Waals surface area (Å²) in [5.41, 5.74) is 1.65. The van der Waals surface area contributed by atoms with Crippen molar-refractivity contribution in [3.63, 3.8) is 0 Å². The van der Waals surface area contributed by atoms with Crippen LogP contribution in [0.4, 0.5) is 5.69 Å². The lowest BCUT2D eigenvalue weighted by atomic mass is 10.0. The van der Waals surface area contributed by atoms with E-state index in [1.54, 1.807) is 67.6 Å². The molecule has 248 valence electrons. The number of ether oxygens (including phenoxy) is 1. The highest BCUT2D eigenvalue weighted by Crippen LogP contribution is 2.33. The van der Waals surface area contributed by atoms with Gasteiger partial charge in [0.25, 0.3) is 10.0 Å². The van der Waals surface area contributed by atoms with Crippen molar-refractivity contribution in [3.05, 3.63) is 124 Å². The number of para-hydroxylation sites is 2. The molecule has 0 aliphatic carbocycles. The van der Waals surface area contributed by atoms with Crippen LogP contribution >= 0.6 is 23.2 Å². The van der Waals surface area contributed by atoms with Crippen LogP contribution in [0.5, 0.6) is 5.75 Å². The van der Waals surface area contributed by atoms with Crippen LogP contribution in [0.2, 0.25) is 10.0 Å². The van der Waals surface area contributed by atoms with E-state index in [-0.39, 0.29) is 42.1 Å². The minimum absolute atomic E-state index is 0.00508. The Labute approximate surface area is 287 Å². The second-order valence-corrected chi connectivity index (χ2v) is 13.7. The van der Waals surface area contributed by atoms with Gasteiger partial charge < -0.3 is 15.0 Å². The molecule has 0 heterocycles. The summed E-state index contributed by atoms with van der Waals surface area (Å²) < 4.78 is 35.4. The number of nitrogens with zero attached hydrogens (tertiary/aromatic N) is 2. The summed E-state index contributed by atoms with van der Waals surface area (Å²) in [7, 11) is -4.27. The van der Waals surface area contributed by atoms with E-state index < -0.39 is 28.5 Å². The minimum Gasteiger partial charge on any atom is -0.492 e. The van der Waals surface area contributed by atoms with E-state index in [4.69, 9.17) is 27.9 Å². The molecule has 0 spiro atoms. The highest BCUT2D eigenvalue weighted by Gasteiger charge is 2.35. The smallest absolute Gasteiger partial charge is 0.264 e. The average Bonchev–Trinajstić information content (AvgIpc) is 3.08. The number of carbonyl (C=O) groups excluding carboxylic acids is 2. The van der Waals surface area contributed by atoms with Gasteiger partial charge in [0.2, 0.25) is 11.8 Å². The Bertz CT molecular complexity index is 1760. The zero-order valence-electron chi connectivity index (χ0n) is 26.6. The predicted octanol–water partition coefficient (Wildman–Crippen LogP) is 7.14. The normalized spacial score (nSPS) is 12.5. The quantitative estimate of drug-likeness (QED) is 0.143. The van der Waals surface area contributed by atoms with Crippen molar-refractivity contribution >= 4 is 50.7 Å². The first kappa shape index (κ1) is 35.8. The van der Waals surface area contributed by atoms with Crippen molar-refractivity contribution in [1.82, 2.24) is 10.2 Å². The number of hydrogen-bond acceptors (Lipinski definition) is 5. The van der Waals surface area contributed by atoms with Gasteiger partial charge in [0.1, 0.15) is 18.3 Å². The molecule has 8 nitrogen and oxygen atoms in total. The van der Waals surface area contributed by atoms with Gasteiger partial charge in [-0.1, -0.05) is 96.9 Å². The van der Waals surface area contributed by atoms with Crippen molar-refractivity contribution in [2.24, 2.45) is 0 Å². The Hall–Kier alpha value is -4.05. The fourth-order valence-electron chi connectivity index (χ4n) is 5.00. The van der Waals surface area contributed by atoms with E-state index in [1.807, 2.05) is 44.2 Å². The summed E-state index contributed by atoms with van der Waals surface area (Å²) in [5, 5.41) is 3.66. The molecule has 0 bridgehead atoms. The molecule has 11 heteroatoms. The summed E-state index contributed by atoms with van der Waals surface area (Å²) in [6.07, 6.45) is 0.874. The summed E-state index contributed by atoms with van der Waals surface area (Å²) in [6.45, 7) is 5.28. The molecule has 0 unspecified atom stereocenters. The van der Waals surface area contributed by atoms with Gasteiger partial charge in [-0.15, -0.1) is 0 Å². The molecular weight excluding hydrogens is 657 g/mol. The molecule has 2 atom stereocenters. The van der Waals surface area contributed by atoms with Crippen molar-refractivity contribution < 1.29 is 22.7 Å². The molecule has 4 rings (SSSR count). The molecule has 1 N–H and O–H groups in total. The Balaban J connectivity index is 1.85. The summed E-state index contributed by atoms with van der Waals surface area (Å²) in [4.78, 5) is 30.1. The molecule has 0 aliphatic heterocycles. The van der Waals surface area contributed by atoms with Crippen LogP contribution in [0, 0.1) is 0 Å². The molecule has 47 heavy (non-hydrogen) atoms. The topological polar surface area (TPSA) is 96.0 Å². The molecule has 4 aromatic carbocycles. The summed E-state index contributed by atoms with van der Waals surface area (Å²) in [5.74, 6) is -0.653. The second-order valence-electron chi connectivity index (χ2n) is 11.0. The maximum Gasteiger partial charge on any atom is 0.264 e. The van der Waals surface area contributed by atoms with E-state index in [1.165, 1.54) is 17.0 Å². The van der Waals surface area contributed by atoms with Gasteiger partial charge in [0.05, 0.1) is 27.2 Å². The standard InChI is InChI=1S/C36H39Cl2N3O5S/c1-4-26(3)39-36(43)33(23-27-14-8-6-9-15-27)40(24-28-20-21-30(37)31(38)22-28)35(42)25-41(32-18-12-13-19-34(32)46-5-2)47(44,45)29-16-10-7-11-17-29/h6-22,26,33H,4-5,23-25H2,1-3H3,(H,39,43)/t26-,33-/m1/s1. The number of anilines is 1. The van der Waals surface area contributed by atoms with Crippen LogP contribution < -0.4 is 14.4 Å². The zero-order valence-corrected chi connectivity index (χ0v) is 28.9. The van der Waals surface area contributed by atoms with E-state index in [0.717, 1.165) is 9.87 Å². The van der Waals surface area contributed by atoms with Crippen molar-refractivity contribution in [3.8, 4) is 5.75 Å². The number of rotatable bonds is 15. The molecule has 0 aliphatic rings. The van der Waals surface area contributed by atoms with E-state index in [0.29, 0.717) is 27.8 Å². The monoisotopic (exact) mass is 695 g/mol. The number of halogens is 2. The summed E-state index contributed by atoms with van der Waals surface area (Å²) in [6, 6.07) is 27.8. The van der Waals surface area contributed by atoms with Gasteiger partial charge in [-0.25, -0.2) is 8.42 Å². The van der Waals surface area contributed by atoms with Gasteiger partial charge in [0.15, 0.2) is 0 Å². The third kappa shape index (κ3) is 9.28. The first-order valence-corrected chi connectivity index (χ1v) is 17.6. The summed E-state index contributed by atoms with van der Waals surface area (Å²) >= 11 is 12.6. The van der Waals surface area contributed by atoms with E-state index in [9.17, 15) is 18.0 Å². The maximum absolute atomic E-state index is 14.7. The van der Waals surface area contributed by atoms with Gasteiger partial charge in [-0.2, -0.15) is 0 Å². The zero-order chi connectivity index (χ0) is 34.0. The number of benzene rings is 4. The molecule has 0 fully saturated rings. The lowest BCUT2D eigenvalue weighted by Gasteiger charge is -2.34. The largest absolute Gasteiger partial charge is 0.492 e. The van der Waals surface area contributed by atoms with Crippen molar-refractivity contribution in [1.29, 1.82) is 0 Å². The molecule has 0 saturated heterocycles. The van der Waals surface area contributed by atoms with Gasteiger partial charge in [-0.05, 0) is 67.8 Å². The van der Waals surface area contributed by atoms with Gasteiger partial charge in [0, 0.05) is 19.0 Å². The Morgan fingerprint density at radius 2 is 1.47 bits per heavy atom. The Kier molecular flexibility index (Phi) is 12.7. The molecule has 0 saturated carbocycles. The van der Waals surface area contributed by atoms with Crippen LogP contribution in [0.1, 0.15) is 38.3 Å². The van der Waals surface area contributed by atoms with Gasteiger partial charge >= 0.3 is 0 Å². The lowest BCUT2D eigenvalue weighted by Crippen LogP contribution is -2.54. The maximum atomic E-state index is 14.7. The third-order valence-corrected chi connectivity index (χ3v) is 10.2. The van der Waals surface area contributed by atoms with Crippen molar-refractivity contribution in [2.45, 2.75) is 57.1 Å². The second kappa shape index (κ2) is 16.7. The highest BCUT2D eigenvalue weighted by molar-refractivity contribution is 7.92. The van der Waals surface area contributed by atoms with Crippen LogP contribution in [0.15, 0.2) is 108 Å². The number of amides is 2. The number of hydrogen-bond donors (Lipinski definition) is 1. The average molecular weight is 697 g/mol. The molecule has 2 amide bonds. The first-order chi connectivity index (χ1) is 22.5. The molecule has 4 aromatic rings. The number of sulfonamides is 1. The van der Waals surface area contributed by atoms with Crippen LogP contribution in [0.3, 0.4) is 0 Å². The minimum atomic E-state index is -4.27. The van der Waals surface area contributed by atoms with E-state index >= 15 is 0 Å². The Morgan fingerprint density at radius 3 is 2.11 bits per heavy atom. The Morgan fingerprint density at radius 1 is 0.830 bits per heavy atom. The number of nitrogens with one attached hydrogen (secondary N) is 1. The van der Waals surface area contributed by atoms with Crippen molar-refractivity contribution in [2.75, 3.05) is 17.5 Å². The number of carbonyl (C=O) groups is 2. The fourth-order valence-corrected chi connectivity index (χ4v) is 6.77. The van der Waals surface area contributed by atoms with Crippen LogP contribution in [0.25, 0.3) is 0 Å². The predicted molar refractivity (Wildman–Crippen MR) is 187 cm³/mol. The fraction of sp³-hybridized carbons (Fsp3) is 0.278. The SMILES string of the molecule is CCOc1ccccc1N(CC(=O)N(Cc1ccc(Cl)c(Cl)c1)[C@H](Cc1ccccc1)C(=O)N[C@H](C)CC)S(=O)(=O)c1ccccc1.